The number of phenols is 1. The van der Waals surface area contributed by atoms with E-state index in [0.717, 1.165) is 13.1 Å². The zero-order chi connectivity index (χ0) is 21.5. The standard InChI is InChI=1S/C23H26N4O3/c1-3-27(4-2)15-18(28)10-13-21(29)17-8-5-16(6-9-17)7-11-19-22(30)14-12-20-23(19)25-26-24-20/h5-6,8-9,12,14,18,28,30H,3-4,10,13,15H2,1-2H3,(H,24,25,26). The number of carbonyl (C=O) groups is 1. The molecule has 0 bridgehead atoms. The van der Waals surface area contributed by atoms with E-state index < -0.39 is 6.10 Å². The van der Waals surface area contributed by atoms with Crippen LogP contribution in [0.15, 0.2) is 36.4 Å². The van der Waals surface area contributed by atoms with Crippen molar-refractivity contribution in [2.24, 2.45) is 0 Å². The van der Waals surface area contributed by atoms with Crippen molar-refractivity contribution in [3.63, 3.8) is 0 Å². The van der Waals surface area contributed by atoms with Gasteiger partial charge in [-0.15, -0.1) is 0 Å². The summed E-state index contributed by atoms with van der Waals surface area (Å²) in [7, 11) is 0. The molecule has 0 fully saturated rings. The molecular weight excluding hydrogens is 380 g/mol. The van der Waals surface area contributed by atoms with E-state index in [1.54, 1.807) is 30.3 Å². The molecule has 0 saturated carbocycles. The van der Waals surface area contributed by atoms with Gasteiger partial charge in [0.2, 0.25) is 0 Å². The summed E-state index contributed by atoms with van der Waals surface area (Å²) in [4.78, 5) is 14.6. The maximum absolute atomic E-state index is 12.4. The van der Waals surface area contributed by atoms with Gasteiger partial charge in [-0.3, -0.25) is 4.79 Å². The molecule has 1 unspecified atom stereocenters. The van der Waals surface area contributed by atoms with E-state index >= 15 is 0 Å². The van der Waals surface area contributed by atoms with Crippen molar-refractivity contribution in [2.75, 3.05) is 19.6 Å². The molecule has 0 amide bonds. The number of ketones is 1. The van der Waals surface area contributed by atoms with Crippen molar-refractivity contribution in [1.82, 2.24) is 20.3 Å². The van der Waals surface area contributed by atoms with E-state index in [2.05, 4.69) is 46.0 Å². The van der Waals surface area contributed by atoms with Gasteiger partial charge in [-0.25, -0.2) is 0 Å². The highest BCUT2D eigenvalue weighted by Crippen LogP contribution is 2.23. The molecule has 3 aromatic rings. The lowest BCUT2D eigenvalue weighted by Crippen LogP contribution is -2.32. The maximum atomic E-state index is 12.4. The third-order valence-electron chi connectivity index (χ3n) is 5.07. The molecule has 7 nitrogen and oxygen atoms in total. The molecule has 1 atom stereocenters. The van der Waals surface area contributed by atoms with Crippen LogP contribution >= 0.6 is 0 Å². The van der Waals surface area contributed by atoms with Crippen LogP contribution in [0.25, 0.3) is 11.0 Å². The second-order valence-corrected chi connectivity index (χ2v) is 7.08. The highest BCUT2D eigenvalue weighted by Gasteiger charge is 2.13. The second kappa shape index (κ2) is 10.0. The number of benzene rings is 2. The van der Waals surface area contributed by atoms with Gasteiger partial charge in [-0.05, 0) is 43.8 Å². The number of phenolic OH excluding ortho intramolecular Hbond substituents is 1. The Morgan fingerprint density at radius 2 is 1.83 bits per heavy atom. The van der Waals surface area contributed by atoms with Crippen LogP contribution in [-0.2, 0) is 0 Å². The Balaban J connectivity index is 1.63. The van der Waals surface area contributed by atoms with Crippen molar-refractivity contribution < 1.29 is 15.0 Å². The number of Topliss-reactive ketones (excluding diaryl/α,β-unsaturated/α-hetero) is 1. The number of aromatic amines is 1. The van der Waals surface area contributed by atoms with Crippen LogP contribution in [0.3, 0.4) is 0 Å². The van der Waals surface area contributed by atoms with Crippen LogP contribution in [0.5, 0.6) is 5.75 Å². The predicted molar refractivity (Wildman–Crippen MR) is 115 cm³/mol. The molecule has 0 aliphatic carbocycles. The summed E-state index contributed by atoms with van der Waals surface area (Å²) in [5, 5.41) is 30.7. The Morgan fingerprint density at radius 3 is 2.53 bits per heavy atom. The minimum atomic E-state index is -0.508. The van der Waals surface area contributed by atoms with Gasteiger partial charge in [-0.2, -0.15) is 15.4 Å². The normalized spacial score (nSPS) is 12.0. The summed E-state index contributed by atoms with van der Waals surface area (Å²) >= 11 is 0. The molecule has 7 heteroatoms. The Bertz CT molecular complexity index is 1060. The van der Waals surface area contributed by atoms with Gasteiger partial charge in [0.1, 0.15) is 16.8 Å². The number of nitrogens with one attached hydrogen (secondary N) is 1. The smallest absolute Gasteiger partial charge is 0.162 e. The second-order valence-electron chi connectivity index (χ2n) is 7.08. The number of nitrogens with zero attached hydrogens (tertiary/aromatic N) is 3. The molecule has 30 heavy (non-hydrogen) atoms. The van der Waals surface area contributed by atoms with Crippen molar-refractivity contribution in [3.8, 4) is 17.6 Å². The van der Waals surface area contributed by atoms with Gasteiger partial charge in [0.05, 0.1) is 11.7 Å². The topological polar surface area (TPSA) is 102 Å². The van der Waals surface area contributed by atoms with Crippen LogP contribution in [-0.4, -0.2) is 62.0 Å². The number of rotatable bonds is 8. The van der Waals surface area contributed by atoms with Crippen LogP contribution in [0.2, 0.25) is 0 Å². The van der Waals surface area contributed by atoms with Gasteiger partial charge in [0, 0.05) is 24.1 Å². The van der Waals surface area contributed by atoms with Gasteiger partial charge < -0.3 is 15.1 Å². The lowest BCUT2D eigenvalue weighted by Gasteiger charge is -2.21. The van der Waals surface area contributed by atoms with E-state index in [4.69, 9.17) is 0 Å². The lowest BCUT2D eigenvalue weighted by atomic mass is 10.0. The van der Waals surface area contributed by atoms with Crippen molar-refractivity contribution >= 4 is 16.8 Å². The van der Waals surface area contributed by atoms with Crippen LogP contribution in [0.4, 0.5) is 0 Å². The molecule has 0 radical (unpaired) electrons. The number of aromatic nitrogens is 3. The van der Waals surface area contributed by atoms with Crippen molar-refractivity contribution in [2.45, 2.75) is 32.8 Å². The minimum absolute atomic E-state index is 0.00174. The lowest BCUT2D eigenvalue weighted by molar-refractivity contribution is 0.0877. The first-order valence-corrected chi connectivity index (χ1v) is 10.1. The first-order chi connectivity index (χ1) is 14.5. The van der Waals surface area contributed by atoms with Gasteiger partial charge in [0.25, 0.3) is 0 Å². The number of hydrogen-bond acceptors (Lipinski definition) is 6. The van der Waals surface area contributed by atoms with Gasteiger partial charge in [0.15, 0.2) is 5.78 Å². The molecule has 0 saturated heterocycles. The van der Waals surface area contributed by atoms with Crippen molar-refractivity contribution in [1.29, 1.82) is 0 Å². The molecule has 0 aliphatic rings. The van der Waals surface area contributed by atoms with Gasteiger partial charge in [-0.1, -0.05) is 37.8 Å². The molecule has 1 aromatic heterocycles. The number of aliphatic hydroxyl groups excluding tert-OH is 1. The number of aliphatic hydroxyl groups is 1. The molecule has 156 valence electrons. The number of carbonyl (C=O) groups excluding carboxylic acids is 1. The zero-order valence-electron chi connectivity index (χ0n) is 17.2. The van der Waals surface area contributed by atoms with E-state index in [1.807, 2.05) is 0 Å². The highest BCUT2D eigenvalue weighted by molar-refractivity contribution is 5.96. The summed E-state index contributed by atoms with van der Waals surface area (Å²) in [5.74, 6) is 5.96. The van der Waals surface area contributed by atoms with Crippen LogP contribution in [0, 0.1) is 11.8 Å². The van der Waals surface area contributed by atoms with E-state index in [9.17, 15) is 15.0 Å². The Morgan fingerprint density at radius 1 is 1.10 bits per heavy atom. The average Bonchev–Trinajstić information content (AvgIpc) is 3.24. The number of fused-ring (bicyclic) bond motifs is 1. The fourth-order valence-electron chi connectivity index (χ4n) is 3.21. The summed E-state index contributed by atoms with van der Waals surface area (Å²) in [5.41, 5.74) is 2.85. The average molecular weight is 406 g/mol. The zero-order valence-corrected chi connectivity index (χ0v) is 17.2. The molecule has 1 heterocycles. The highest BCUT2D eigenvalue weighted by atomic mass is 16.3. The third kappa shape index (κ3) is 5.23. The number of aromatic hydroxyl groups is 1. The Labute approximate surface area is 175 Å². The van der Waals surface area contributed by atoms with Crippen molar-refractivity contribution in [3.05, 3.63) is 53.1 Å². The molecular formula is C23H26N4O3. The SMILES string of the molecule is CCN(CC)CC(O)CCC(=O)c1ccc(C#Cc2c(O)ccc3n[nH]nc23)cc1. The van der Waals surface area contributed by atoms with Crippen LogP contribution in [0.1, 0.15) is 48.2 Å². The number of H-pyrrole nitrogens is 1. The monoisotopic (exact) mass is 406 g/mol. The van der Waals surface area contributed by atoms with E-state index in [0.29, 0.717) is 47.1 Å². The Hall–Kier alpha value is -3.21. The summed E-state index contributed by atoms with van der Waals surface area (Å²) in [6, 6.07) is 10.2. The van der Waals surface area contributed by atoms with E-state index in [-0.39, 0.29) is 11.5 Å². The summed E-state index contributed by atoms with van der Waals surface area (Å²) in [6.07, 6.45) is 0.235. The fraction of sp³-hybridized carbons (Fsp3) is 0.348. The molecule has 3 rings (SSSR count). The number of likely N-dealkylation sites (N-methyl/N-ethyl adjacent to an activating group) is 1. The minimum Gasteiger partial charge on any atom is -0.507 e. The molecule has 0 spiro atoms. The first-order valence-electron chi connectivity index (χ1n) is 10.1. The summed E-state index contributed by atoms with van der Waals surface area (Å²) < 4.78 is 0. The first kappa shape index (κ1) is 21.5. The van der Waals surface area contributed by atoms with E-state index in [1.165, 1.54) is 6.07 Å². The predicted octanol–water partition coefficient (Wildman–Crippen LogP) is 2.73. The number of hydrogen-bond donors (Lipinski definition) is 3. The quantitative estimate of drug-likeness (QED) is 0.393. The van der Waals surface area contributed by atoms with Crippen LogP contribution < -0.4 is 0 Å². The molecule has 0 aliphatic heterocycles. The third-order valence-corrected chi connectivity index (χ3v) is 5.07. The summed E-state index contributed by atoms with van der Waals surface area (Å²) in [6.45, 7) is 6.46. The fourth-order valence-corrected chi connectivity index (χ4v) is 3.21. The van der Waals surface area contributed by atoms with Gasteiger partial charge >= 0.3 is 0 Å². The largest absolute Gasteiger partial charge is 0.507 e. The maximum Gasteiger partial charge on any atom is 0.162 e. The molecule has 3 N–H and O–H groups in total. The Kier molecular flexibility index (Phi) is 7.17. The molecule has 2 aromatic carbocycles.